The van der Waals surface area contributed by atoms with Crippen molar-refractivity contribution in [3.05, 3.63) is 36.5 Å². The standard InChI is InChI=1S/C71H137N2O7P/c1-7-10-13-16-19-22-25-28-30-32-33-34-35-36-37-38-39-41-42-45-48-51-54-57-60-63-70(74)72-68(67-79-81(76,77)78-66-65-73(4,5)6)69(62-59-56-53-50-47-44-27-24-21-18-15-12-9-3)80-71(75)64-61-58-55-52-49-46-43-40-31-29-26-23-20-17-14-11-8-2/h20,23,29,31,59,62,68-69H,7-19,21-22,24-28,30,32-58,60-61,63-67H2,1-6H3,(H-,72,74,76,77)/b23-20-,31-29-,62-59-. The molecule has 1 amide bonds. The minimum absolute atomic E-state index is 0.0210. The molecule has 0 aliphatic carbocycles. The summed E-state index contributed by atoms with van der Waals surface area (Å²) in [6.45, 7) is 6.87. The van der Waals surface area contributed by atoms with Crippen molar-refractivity contribution in [1.29, 1.82) is 0 Å². The van der Waals surface area contributed by atoms with Gasteiger partial charge in [-0.3, -0.25) is 14.2 Å². The number of phosphoric acid groups is 1. The monoisotopic (exact) mass is 1160 g/mol. The highest BCUT2D eigenvalue weighted by molar-refractivity contribution is 7.45. The summed E-state index contributed by atoms with van der Waals surface area (Å²) in [7, 11) is 1.20. The van der Waals surface area contributed by atoms with Gasteiger partial charge in [0.2, 0.25) is 5.91 Å². The summed E-state index contributed by atoms with van der Waals surface area (Å²) in [5.74, 6) is -0.531. The zero-order chi connectivity index (χ0) is 59.3. The number of hydrogen-bond donors (Lipinski definition) is 1. The van der Waals surface area contributed by atoms with E-state index in [0.717, 1.165) is 77.0 Å². The molecule has 10 heteroatoms. The number of nitrogens with zero attached hydrogens (tertiary/aromatic N) is 1. The van der Waals surface area contributed by atoms with E-state index in [1.807, 2.05) is 33.3 Å². The van der Waals surface area contributed by atoms with Crippen LogP contribution in [0, 0.1) is 0 Å². The molecule has 0 bridgehead atoms. The molecule has 0 aromatic carbocycles. The molecule has 0 heterocycles. The van der Waals surface area contributed by atoms with Crippen molar-refractivity contribution in [2.75, 3.05) is 40.9 Å². The van der Waals surface area contributed by atoms with Gasteiger partial charge in [-0.05, 0) is 63.9 Å². The summed E-state index contributed by atoms with van der Waals surface area (Å²) >= 11 is 0. The number of allylic oxidation sites excluding steroid dienone is 5. The van der Waals surface area contributed by atoms with Gasteiger partial charge in [0.05, 0.1) is 33.8 Å². The number of nitrogens with one attached hydrogen (secondary N) is 1. The van der Waals surface area contributed by atoms with E-state index in [4.69, 9.17) is 13.8 Å². The highest BCUT2D eigenvalue weighted by Crippen LogP contribution is 2.38. The molecule has 0 spiro atoms. The Balaban J connectivity index is 5.06. The maximum atomic E-state index is 13.6. The number of likely N-dealkylation sites (N-methyl/N-ethyl adjacent to an activating group) is 1. The Kier molecular flexibility index (Phi) is 60.0. The SMILES string of the molecule is CCCCC/C=C\C/C=C\CCCCCCCCCC(=O)OC(/C=C\CCCCCCCCCCCCC)C(COP(=O)([O-])OCC[N+](C)(C)C)NC(=O)CCCCCCCCCCCCCCCCCCCCCCCCCCC. The summed E-state index contributed by atoms with van der Waals surface area (Å²) in [5, 5.41) is 3.05. The second-order valence-electron chi connectivity index (χ2n) is 25.4. The maximum Gasteiger partial charge on any atom is 0.306 e. The van der Waals surface area contributed by atoms with E-state index in [2.05, 4.69) is 50.4 Å². The van der Waals surface area contributed by atoms with E-state index in [0.29, 0.717) is 17.4 Å². The predicted molar refractivity (Wildman–Crippen MR) is 349 cm³/mol. The van der Waals surface area contributed by atoms with Crippen molar-refractivity contribution in [3.63, 3.8) is 0 Å². The molecule has 0 saturated carbocycles. The summed E-state index contributed by atoms with van der Waals surface area (Å²) in [6.07, 6.45) is 75.5. The fourth-order valence-corrected chi connectivity index (χ4v) is 11.3. The van der Waals surface area contributed by atoms with Crippen molar-refractivity contribution in [2.45, 2.75) is 367 Å². The Morgan fingerprint density at radius 2 is 0.753 bits per heavy atom. The number of phosphoric ester groups is 1. The third-order valence-electron chi connectivity index (χ3n) is 16.1. The van der Waals surface area contributed by atoms with Crippen molar-refractivity contribution < 1.29 is 37.3 Å². The first-order valence-corrected chi connectivity index (χ1v) is 36.8. The molecular formula is C71H137N2O7P. The van der Waals surface area contributed by atoms with E-state index < -0.39 is 20.0 Å². The Morgan fingerprint density at radius 1 is 0.432 bits per heavy atom. The largest absolute Gasteiger partial charge is 0.756 e. The maximum absolute atomic E-state index is 13.6. The number of ether oxygens (including phenoxy) is 1. The van der Waals surface area contributed by atoms with E-state index in [-0.39, 0.29) is 31.5 Å². The Hall–Kier alpha value is -1.77. The Morgan fingerprint density at radius 3 is 1.14 bits per heavy atom. The van der Waals surface area contributed by atoms with Gasteiger partial charge in [-0.25, -0.2) is 0 Å². The molecule has 0 aliphatic heterocycles. The van der Waals surface area contributed by atoms with Gasteiger partial charge >= 0.3 is 5.97 Å². The average Bonchev–Trinajstić information content (AvgIpc) is 3.44. The Bertz CT molecular complexity index is 1480. The lowest BCUT2D eigenvalue weighted by atomic mass is 10.0. The minimum atomic E-state index is -4.70. The van der Waals surface area contributed by atoms with Crippen LogP contribution < -0.4 is 10.2 Å². The molecule has 0 aromatic rings. The first kappa shape index (κ1) is 79.2. The zero-order valence-corrected chi connectivity index (χ0v) is 55.7. The van der Waals surface area contributed by atoms with Gasteiger partial charge in [0.1, 0.15) is 19.3 Å². The molecule has 3 atom stereocenters. The molecule has 478 valence electrons. The van der Waals surface area contributed by atoms with Crippen LogP contribution >= 0.6 is 7.82 Å². The van der Waals surface area contributed by atoms with Gasteiger partial charge < -0.3 is 28.5 Å². The van der Waals surface area contributed by atoms with Crippen molar-refractivity contribution >= 4 is 19.7 Å². The lowest BCUT2D eigenvalue weighted by Crippen LogP contribution is -2.47. The molecule has 3 unspecified atom stereocenters. The molecule has 0 fully saturated rings. The summed E-state index contributed by atoms with van der Waals surface area (Å²) in [6, 6.07) is -0.889. The molecule has 1 N–H and O–H groups in total. The number of quaternary nitrogens is 1. The number of carbonyl (C=O) groups excluding carboxylic acids is 2. The van der Waals surface area contributed by atoms with E-state index in [9.17, 15) is 19.0 Å². The van der Waals surface area contributed by atoms with Gasteiger partial charge in [-0.2, -0.15) is 0 Å². The topological polar surface area (TPSA) is 114 Å². The smallest absolute Gasteiger partial charge is 0.306 e. The van der Waals surface area contributed by atoms with Crippen LogP contribution in [0.1, 0.15) is 355 Å². The lowest BCUT2D eigenvalue weighted by molar-refractivity contribution is -0.870. The van der Waals surface area contributed by atoms with Crippen LogP contribution in [0.25, 0.3) is 0 Å². The minimum Gasteiger partial charge on any atom is -0.756 e. The van der Waals surface area contributed by atoms with E-state index in [1.165, 1.54) is 244 Å². The molecule has 81 heavy (non-hydrogen) atoms. The molecule has 0 radical (unpaired) electrons. The third-order valence-corrected chi connectivity index (χ3v) is 17.0. The van der Waals surface area contributed by atoms with Gasteiger partial charge in [0, 0.05) is 12.8 Å². The number of carbonyl (C=O) groups is 2. The van der Waals surface area contributed by atoms with Crippen LogP contribution in [-0.2, 0) is 27.9 Å². The van der Waals surface area contributed by atoms with Crippen LogP contribution in [0.5, 0.6) is 0 Å². The van der Waals surface area contributed by atoms with Crippen molar-refractivity contribution in [2.24, 2.45) is 0 Å². The predicted octanol–water partition coefficient (Wildman–Crippen LogP) is 21.6. The second kappa shape index (κ2) is 61.3. The van der Waals surface area contributed by atoms with E-state index in [1.54, 1.807) is 0 Å². The van der Waals surface area contributed by atoms with Crippen LogP contribution in [0.2, 0.25) is 0 Å². The second-order valence-corrected chi connectivity index (χ2v) is 26.8. The lowest BCUT2D eigenvalue weighted by Gasteiger charge is -2.30. The average molecular weight is 1160 g/mol. The van der Waals surface area contributed by atoms with Crippen molar-refractivity contribution in [3.8, 4) is 0 Å². The highest BCUT2D eigenvalue weighted by Gasteiger charge is 2.27. The molecule has 0 aromatic heterocycles. The van der Waals surface area contributed by atoms with Gasteiger partial charge in [-0.15, -0.1) is 0 Å². The van der Waals surface area contributed by atoms with Gasteiger partial charge in [0.25, 0.3) is 7.82 Å². The summed E-state index contributed by atoms with van der Waals surface area (Å²) in [4.78, 5) is 40.2. The van der Waals surface area contributed by atoms with Crippen LogP contribution in [0.3, 0.4) is 0 Å². The normalized spacial score (nSPS) is 13.7. The molecule has 9 nitrogen and oxygen atoms in total. The van der Waals surface area contributed by atoms with Crippen LogP contribution in [0.15, 0.2) is 36.5 Å². The van der Waals surface area contributed by atoms with Crippen LogP contribution in [-0.4, -0.2) is 69.4 Å². The zero-order valence-electron chi connectivity index (χ0n) is 54.8. The molecule has 0 rings (SSSR count). The fourth-order valence-electron chi connectivity index (χ4n) is 10.6. The quantitative estimate of drug-likeness (QED) is 0.0212. The molecule has 0 aliphatic rings. The molecular weight excluding hydrogens is 1020 g/mol. The van der Waals surface area contributed by atoms with Gasteiger partial charge in [-0.1, -0.05) is 314 Å². The Labute approximate surface area is 504 Å². The number of esters is 1. The number of rotatable bonds is 65. The summed E-state index contributed by atoms with van der Waals surface area (Å²) < 4.78 is 30.4. The molecule has 0 saturated heterocycles. The first-order valence-electron chi connectivity index (χ1n) is 35.3. The third kappa shape index (κ3) is 62.6. The fraction of sp³-hybridized carbons (Fsp3) is 0.887. The van der Waals surface area contributed by atoms with Gasteiger partial charge in [0.15, 0.2) is 0 Å². The number of unbranched alkanes of at least 4 members (excludes halogenated alkanes) is 45. The van der Waals surface area contributed by atoms with Crippen LogP contribution in [0.4, 0.5) is 0 Å². The number of hydrogen-bond acceptors (Lipinski definition) is 7. The highest BCUT2D eigenvalue weighted by atomic mass is 31.2. The van der Waals surface area contributed by atoms with Crippen molar-refractivity contribution in [1.82, 2.24) is 5.32 Å². The first-order chi connectivity index (χ1) is 39.4. The number of amides is 1. The van der Waals surface area contributed by atoms with E-state index >= 15 is 0 Å². The summed E-state index contributed by atoms with van der Waals surface area (Å²) in [5.41, 5.74) is 0.